The molecule has 0 bridgehead atoms. The lowest BCUT2D eigenvalue weighted by molar-refractivity contribution is -0.303. The molecule has 0 aliphatic carbocycles. The van der Waals surface area contributed by atoms with Gasteiger partial charge in [0.05, 0.1) is 5.02 Å². The summed E-state index contributed by atoms with van der Waals surface area (Å²) in [5, 5.41) is 14.5. The molecular weight excluding hydrogens is 408 g/mol. The minimum Gasteiger partial charge on any atom is -0.479 e. The van der Waals surface area contributed by atoms with Gasteiger partial charge in [-0.05, 0) is 37.5 Å². The molecule has 0 radical (unpaired) electrons. The van der Waals surface area contributed by atoms with Gasteiger partial charge in [0, 0.05) is 17.2 Å². The molecule has 1 aliphatic heterocycles. The van der Waals surface area contributed by atoms with E-state index in [1.807, 2.05) is 0 Å². The van der Waals surface area contributed by atoms with E-state index < -0.39 is 30.3 Å². The van der Waals surface area contributed by atoms with Gasteiger partial charge < -0.3 is 9.84 Å². The number of carbonyl (C=O) groups excluding carboxylic acids is 1. The summed E-state index contributed by atoms with van der Waals surface area (Å²) in [6.45, 7) is 4.85. The molecule has 0 aromatic heterocycles. The van der Waals surface area contributed by atoms with Gasteiger partial charge in [-0.1, -0.05) is 37.0 Å². The first-order chi connectivity index (χ1) is 12.3. The van der Waals surface area contributed by atoms with Crippen molar-refractivity contribution in [1.29, 1.82) is 0 Å². The molecule has 1 N–H and O–H groups in total. The lowest BCUT2D eigenvalue weighted by Crippen LogP contribution is -2.58. The van der Waals surface area contributed by atoms with Crippen molar-refractivity contribution in [2.24, 2.45) is 11.0 Å². The Hall–Kier alpha value is -1.51. The van der Waals surface area contributed by atoms with E-state index in [-0.39, 0.29) is 33.8 Å². The fourth-order valence-electron chi connectivity index (χ4n) is 2.64. The predicted molar refractivity (Wildman–Crippen MR) is 95.9 cm³/mol. The third-order valence-corrected chi connectivity index (χ3v) is 4.42. The van der Waals surface area contributed by atoms with Gasteiger partial charge in [-0.25, -0.2) is 0 Å². The Bertz CT molecular complexity index is 755. The Kier molecular flexibility index (Phi) is 6.33. The second-order valence-electron chi connectivity index (χ2n) is 6.74. The van der Waals surface area contributed by atoms with Gasteiger partial charge in [-0.2, -0.15) is 23.3 Å². The number of carbonyl (C=O) groups is 1. The van der Waals surface area contributed by atoms with Gasteiger partial charge >= 0.3 is 6.18 Å². The maximum Gasteiger partial charge on any atom is 0.438 e. The molecule has 0 saturated heterocycles. The van der Waals surface area contributed by atoms with E-state index in [0.29, 0.717) is 5.02 Å². The van der Waals surface area contributed by atoms with Gasteiger partial charge in [0.2, 0.25) is 0 Å². The van der Waals surface area contributed by atoms with Crippen LogP contribution in [0.4, 0.5) is 13.2 Å². The minimum absolute atomic E-state index is 0.0119. The number of halogens is 5. The third kappa shape index (κ3) is 4.67. The van der Waals surface area contributed by atoms with Crippen LogP contribution in [0.15, 0.2) is 23.3 Å². The third-order valence-electron chi connectivity index (χ3n) is 3.89. The van der Waals surface area contributed by atoms with Crippen LogP contribution in [0.1, 0.15) is 33.6 Å². The van der Waals surface area contributed by atoms with Crippen LogP contribution in [0.25, 0.3) is 0 Å². The highest BCUT2D eigenvalue weighted by molar-refractivity contribution is 6.35. The Morgan fingerprint density at radius 1 is 1.37 bits per heavy atom. The lowest BCUT2D eigenvalue weighted by Gasteiger charge is -2.33. The molecule has 10 heteroatoms. The molecule has 1 heterocycles. The molecule has 2 atom stereocenters. The average molecular weight is 427 g/mol. The number of benzene rings is 1. The Labute approximate surface area is 164 Å². The zero-order valence-electron chi connectivity index (χ0n) is 14.8. The largest absolute Gasteiger partial charge is 0.479 e. The molecule has 5 nitrogen and oxygen atoms in total. The first kappa shape index (κ1) is 21.8. The van der Waals surface area contributed by atoms with Crippen molar-refractivity contribution in [2.75, 3.05) is 0 Å². The van der Waals surface area contributed by atoms with Crippen molar-refractivity contribution in [1.82, 2.24) is 5.01 Å². The number of ether oxygens (including phenoxy) is 1. The number of alkyl halides is 3. The van der Waals surface area contributed by atoms with E-state index in [4.69, 9.17) is 27.9 Å². The molecule has 1 aliphatic rings. The highest BCUT2D eigenvalue weighted by Gasteiger charge is 2.63. The quantitative estimate of drug-likeness (QED) is 0.745. The molecule has 0 unspecified atom stereocenters. The standard InChI is InChI=1S/C17H19Cl2F3N2O3/c1-9(2)6-12-8-16(26,17(20,21)22)24(23-12)15(25)10(3)27-14-5-4-11(18)7-13(14)19/h4-5,7,9-10,26H,6,8H2,1-3H3/t10-,16-/m0/s1. The number of hydrazone groups is 1. The van der Waals surface area contributed by atoms with Crippen LogP contribution in [0.3, 0.4) is 0 Å². The first-order valence-corrected chi connectivity index (χ1v) is 8.92. The second-order valence-corrected chi connectivity index (χ2v) is 7.58. The molecule has 150 valence electrons. The van der Waals surface area contributed by atoms with E-state index in [1.165, 1.54) is 25.1 Å². The van der Waals surface area contributed by atoms with Gasteiger partial charge in [0.15, 0.2) is 6.10 Å². The zero-order valence-corrected chi connectivity index (χ0v) is 16.4. The van der Waals surface area contributed by atoms with Crippen LogP contribution in [0.2, 0.25) is 10.0 Å². The fraction of sp³-hybridized carbons (Fsp3) is 0.529. The molecule has 1 aromatic carbocycles. The number of nitrogens with zero attached hydrogens (tertiary/aromatic N) is 2. The van der Waals surface area contributed by atoms with Crippen molar-refractivity contribution in [3.63, 3.8) is 0 Å². The molecule has 27 heavy (non-hydrogen) atoms. The van der Waals surface area contributed by atoms with E-state index in [2.05, 4.69) is 5.10 Å². The van der Waals surface area contributed by atoms with E-state index >= 15 is 0 Å². The minimum atomic E-state index is -5.08. The highest BCUT2D eigenvalue weighted by Crippen LogP contribution is 2.41. The number of hydrogen-bond donors (Lipinski definition) is 1. The maximum atomic E-state index is 13.5. The van der Waals surface area contributed by atoms with E-state index in [1.54, 1.807) is 13.8 Å². The molecule has 1 amide bonds. The van der Waals surface area contributed by atoms with E-state index in [0.717, 1.165) is 0 Å². The van der Waals surface area contributed by atoms with Crippen molar-refractivity contribution in [3.05, 3.63) is 28.2 Å². The normalized spacial score (nSPS) is 21.4. The highest BCUT2D eigenvalue weighted by atomic mass is 35.5. The predicted octanol–water partition coefficient (Wildman–Crippen LogP) is 4.65. The van der Waals surface area contributed by atoms with Crippen molar-refractivity contribution < 1.29 is 27.8 Å². The Morgan fingerprint density at radius 3 is 2.52 bits per heavy atom. The van der Waals surface area contributed by atoms with Gasteiger partial charge in [0.1, 0.15) is 5.75 Å². The fourth-order valence-corrected chi connectivity index (χ4v) is 3.09. The van der Waals surface area contributed by atoms with Crippen LogP contribution in [-0.2, 0) is 4.79 Å². The topological polar surface area (TPSA) is 62.1 Å². The van der Waals surface area contributed by atoms with Crippen LogP contribution in [0.5, 0.6) is 5.75 Å². The molecule has 0 spiro atoms. The van der Waals surface area contributed by atoms with Crippen molar-refractivity contribution in [3.8, 4) is 5.75 Å². The van der Waals surface area contributed by atoms with E-state index in [9.17, 15) is 23.1 Å². The van der Waals surface area contributed by atoms with Gasteiger partial charge in [-0.3, -0.25) is 4.79 Å². The summed E-state index contributed by atoms with van der Waals surface area (Å²) < 4.78 is 45.8. The van der Waals surface area contributed by atoms with Gasteiger partial charge in [-0.15, -0.1) is 0 Å². The second kappa shape index (κ2) is 7.85. The molecule has 0 saturated carbocycles. The van der Waals surface area contributed by atoms with Crippen LogP contribution in [-0.4, -0.2) is 39.7 Å². The molecule has 2 rings (SSSR count). The van der Waals surface area contributed by atoms with Gasteiger partial charge in [0.25, 0.3) is 11.6 Å². The maximum absolute atomic E-state index is 13.5. The Balaban J connectivity index is 2.27. The summed E-state index contributed by atoms with van der Waals surface area (Å²) in [4.78, 5) is 12.6. The van der Waals surface area contributed by atoms with Crippen molar-refractivity contribution >= 4 is 34.8 Å². The SMILES string of the molecule is CC(C)CC1=NN(C(=O)[C@H](C)Oc2ccc(Cl)cc2Cl)[C@@](O)(C(F)(F)F)C1. The monoisotopic (exact) mass is 426 g/mol. The molecular formula is C17H19Cl2F3N2O3. The van der Waals surface area contributed by atoms with Crippen LogP contribution >= 0.6 is 23.2 Å². The van der Waals surface area contributed by atoms with Crippen LogP contribution in [0, 0.1) is 5.92 Å². The number of rotatable bonds is 5. The van der Waals surface area contributed by atoms with Crippen LogP contribution < -0.4 is 4.74 Å². The molecule has 1 aromatic rings. The number of hydrogen-bond acceptors (Lipinski definition) is 4. The smallest absolute Gasteiger partial charge is 0.438 e. The summed E-state index contributed by atoms with van der Waals surface area (Å²) >= 11 is 11.7. The number of aliphatic hydroxyl groups is 1. The summed E-state index contributed by atoms with van der Waals surface area (Å²) in [5.74, 6) is -1.06. The summed E-state index contributed by atoms with van der Waals surface area (Å²) in [7, 11) is 0. The first-order valence-electron chi connectivity index (χ1n) is 8.16. The zero-order chi connectivity index (χ0) is 20.6. The summed E-state index contributed by atoms with van der Waals surface area (Å²) in [6.07, 6.45) is -7.03. The lowest BCUT2D eigenvalue weighted by atomic mass is 9.99. The average Bonchev–Trinajstić information content (AvgIpc) is 2.86. The molecule has 0 fully saturated rings. The van der Waals surface area contributed by atoms with Crippen molar-refractivity contribution in [2.45, 2.75) is 51.6 Å². The summed E-state index contributed by atoms with van der Waals surface area (Å²) in [6, 6.07) is 4.22. The number of amides is 1. The summed E-state index contributed by atoms with van der Waals surface area (Å²) in [5.41, 5.74) is -3.31. The Morgan fingerprint density at radius 2 is 2.00 bits per heavy atom.